The highest BCUT2D eigenvalue weighted by Gasteiger charge is 2.52. The van der Waals surface area contributed by atoms with Gasteiger partial charge >= 0.3 is 5.97 Å². The van der Waals surface area contributed by atoms with Gasteiger partial charge in [0.25, 0.3) is 0 Å². The Kier molecular flexibility index (Phi) is 3.89. The molecule has 25 heavy (non-hydrogen) atoms. The SMILES string of the molecule is N[C@@H]1C(=O)N2C(C(=O)O)=C(C(=C3CCNC3=O)c3nccs3)CS[C@H]12. The molecule has 0 radical (unpaired) electrons. The van der Waals surface area contributed by atoms with E-state index in [0.29, 0.717) is 40.4 Å². The molecule has 10 heteroatoms. The minimum Gasteiger partial charge on any atom is -0.477 e. The first-order valence-corrected chi connectivity index (χ1v) is 9.52. The van der Waals surface area contributed by atoms with E-state index in [2.05, 4.69) is 10.3 Å². The van der Waals surface area contributed by atoms with Crippen LogP contribution in [0.3, 0.4) is 0 Å². The van der Waals surface area contributed by atoms with Gasteiger partial charge in [0.2, 0.25) is 11.8 Å². The summed E-state index contributed by atoms with van der Waals surface area (Å²) < 4.78 is 0. The molecular weight excluding hydrogens is 364 g/mol. The lowest BCUT2D eigenvalue weighted by molar-refractivity contribution is -0.147. The molecule has 1 aromatic rings. The van der Waals surface area contributed by atoms with Gasteiger partial charge < -0.3 is 16.2 Å². The minimum atomic E-state index is -1.20. The Morgan fingerprint density at radius 2 is 2.24 bits per heavy atom. The average Bonchev–Trinajstić information content (AvgIpc) is 3.26. The van der Waals surface area contributed by atoms with Crippen LogP contribution in [0.1, 0.15) is 11.4 Å². The minimum absolute atomic E-state index is 0.0900. The second kappa shape index (κ2) is 5.97. The van der Waals surface area contributed by atoms with Crippen LogP contribution in [-0.2, 0) is 14.4 Å². The van der Waals surface area contributed by atoms with Crippen LogP contribution < -0.4 is 11.1 Å². The Labute approximate surface area is 150 Å². The molecule has 0 unspecified atom stereocenters. The Morgan fingerprint density at radius 3 is 2.84 bits per heavy atom. The van der Waals surface area contributed by atoms with Gasteiger partial charge in [0.15, 0.2) is 0 Å². The standard InChI is InChI=1S/C15H14N4O4S2/c16-9-13(21)19-10(15(22)23)7(5-25-14(9)19)8(12-18-3-4-24-12)6-1-2-17-11(6)20/h3-4,9,14H,1-2,5,16H2,(H,17,20)(H,22,23)/t9-,14-/m1/s1. The number of nitrogens with one attached hydrogen (secondary N) is 1. The largest absolute Gasteiger partial charge is 0.477 e. The van der Waals surface area contributed by atoms with Gasteiger partial charge in [-0.05, 0) is 6.42 Å². The monoisotopic (exact) mass is 378 g/mol. The molecule has 1 aromatic heterocycles. The summed E-state index contributed by atoms with van der Waals surface area (Å²) in [5.74, 6) is -1.48. The zero-order valence-corrected chi connectivity index (χ0v) is 14.5. The number of allylic oxidation sites excluding steroid dienone is 1. The molecule has 0 bridgehead atoms. The Morgan fingerprint density at radius 1 is 1.44 bits per heavy atom. The normalized spacial score (nSPS) is 27.8. The van der Waals surface area contributed by atoms with Gasteiger partial charge in [-0.1, -0.05) is 0 Å². The Hall–Kier alpha value is -2.17. The van der Waals surface area contributed by atoms with E-state index in [1.165, 1.54) is 28.0 Å². The van der Waals surface area contributed by atoms with E-state index in [9.17, 15) is 19.5 Å². The van der Waals surface area contributed by atoms with Crippen LogP contribution in [0, 0.1) is 0 Å². The lowest BCUT2D eigenvalue weighted by Crippen LogP contribution is -2.68. The number of amides is 2. The van der Waals surface area contributed by atoms with Crippen molar-refractivity contribution in [3.63, 3.8) is 0 Å². The number of thioether (sulfide) groups is 1. The van der Waals surface area contributed by atoms with E-state index >= 15 is 0 Å². The van der Waals surface area contributed by atoms with Crippen molar-refractivity contribution in [2.45, 2.75) is 17.8 Å². The summed E-state index contributed by atoms with van der Waals surface area (Å²) in [4.78, 5) is 41.8. The van der Waals surface area contributed by atoms with Crippen molar-refractivity contribution in [3.8, 4) is 0 Å². The van der Waals surface area contributed by atoms with Crippen molar-refractivity contribution in [1.82, 2.24) is 15.2 Å². The number of hydrogen-bond acceptors (Lipinski definition) is 7. The van der Waals surface area contributed by atoms with Crippen LogP contribution in [0.5, 0.6) is 0 Å². The first kappa shape index (κ1) is 16.3. The summed E-state index contributed by atoms with van der Waals surface area (Å²) in [5.41, 5.74) is 7.19. The van der Waals surface area contributed by atoms with Gasteiger partial charge in [0.1, 0.15) is 22.1 Å². The van der Waals surface area contributed by atoms with Crippen LogP contribution in [0.2, 0.25) is 0 Å². The first-order chi connectivity index (χ1) is 12.0. The van der Waals surface area contributed by atoms with Crippen LogP contribution in [-0.4, -0.2) is 56.5 Å². The average molecular weight is 378 g/mol. The second-order valence-corrected chi connectivity index (χ2v) is 7.76. The molecule has 0 saturated carbocycles. The van der Waals surface area contributed by atoms with Crippen LogP contribution in [0.15, 0.2) is 28.4 Å². The van der Waals surface area contributed by atoms with Crippen molar-refractivity contribution >= 4 is 46.5 Å². The van der Waals surface area contributed by atoms with Gasteiger partial charge in [-0.15, -0.1) is 23.1 Å². The summed E-state index contributed by atoms with van der Waals surface area (Å²) in [5, 5.41) is 14.5. The zero-order chi connectivity index (χ0) is 17.7. The van der Waals surface area contributed by atoms with Gasteiger partial charge in [-0.3, -0.25) is 14.5 Å². The molecule has 130 valence electrons. The summed E-state index contributed by atoms with van der Waals surface area (Å²) >= 11 is 2.74. The molecular formula is C15H14N4O4S2. The maximum atomic E-state index is 12.2. The number of β-lactam (4-membered cyclic amide) rings is 1. The van der Waals surface area contributed by atoms with Gasteiger partial charge in [0.05, 0.1) is 0 Å². The maximum Gasteiger partial charge on any atom is 0.352 e. The number of rotatable bonds is 3. The van der Waals surface area contributed by atoms with E-state index in [1.54, 1.807) is 11.6 Å². The van der Waals surface area contributed by atoms with Crippen molar-refractivity contribution < 1.29 is 19.5 Å². The first-order valence-electron chi connectivity index (χ1n) is 7.59. The molecule has 0 aliphatic carbocycles. The fourth-order valence-corrected chi connectivity index (χ4v) is 5.29. The number of carbonyl (C=O) groups excluding carboxylic acids is 2. The summed E-state index contributed by atoms with van der Waals surface area (Å²) in [7, 11) is 0. The lowest BCUT2D eigenvalue weighted by atomic mass is 9.95. The molecule has 3 aliphatic heterocycles. The zero-order valence-electron chi connectivity index (χ0n) is 12.9. The Balaban J connectivity index is 1.93. The quantitative estimate of drug-likeness (QED) is 0.499. The van der Waals surface area contributed by atoms with E-state index in [4.69, 9.17) is 5.73 Å². The molecule has 4 heterocycles. The number of nitrogens with two attached hydrogens (primary N) is 1. The number of carboxylic acid groups (broad SMARTS) is 1. The third-order valence-corrected chi connectivity index (χ3v) is 6.49. The number of hydrogen-bond donors (Lipinski definition) is 3. The number of carboxylic acids is 1. The second-order valence-electron chi connectivity index (χ2n) is 5.76. The van der Waals surface area contributed by atoms with E-state index in [0.717, 1.165) is 0 Å². The van der Waals surface area contributed by atoms with Gasteiger partial charge in [0, 0.05) is 40.6 Å². The highest BCUT2D eigenvalue weighted by molar-refractivity contribution is 8.00. The molecule has 4 N–H and O–H groups in total. The van der Waals surface area contributed by atoms with Crippen LogP contribution in [0.4, 0.5) is 0 Å². The topological polar surface area (TPSA) is 126 Å². The predicted octanol–water partition coefficient (Wildman–Crippen LogP) is -0.00230. The van der Waals surface area contributed by atoms with Crippen LogP contribution in [0.25, 0.3) is 5.57 Å². The number of thiazole rings is 1. The third-order valence-electron chi connectivity index (χ3n) is 4.40. The van der Waals surface area contributed by atoms with E-state index in [-0.39, 0.29) is 17.0 Å². The molecule has 2 amide bonds. The van der Waals surface area contributed by atoms with Crippen LogP contribution >= 0.6 is 23.1 Å². The summed E-state index contributed by atoms with van der Waals surface area (Å²) in [6, 6.07) is -0.688. The van der Waals surface area contributed by atoms with Crippen molar-refractivity contribution in [3.05, 3.63) is 33.4 Å². The van der Waals surface area contributed by atoms with Crippen molar-refractivity contribution in [2.24, 2.45) is 5.73 Å². The Bertz CT molecular complexity index is 846. The molecule has 8 nitrogen and oxygen atoms in total. The molecule has 4 rings (SSSR count). The summed E-state index contributed by atoms with van der Waals surface area (Å²) in [6.07, 6.45) is 2.10. The number of aromatic nitrogens is 1. The molecule has 2 atom stereocenters. The van der Waals surface area contributed by atoms with Gasteiger partial charge in [-0.25, -0.2) is 9.78 Å². The summed E-state index contributed by atoms with van der Waals surface area (Å²) in [6.45, 7) is 0.502. The fourth-order valence-electron chi connectivity index (χ4n) is 3.25. The van der Waals surface area contributed by atoms with E-state index < -0.39 is 17.9 Å². The molecule has 0 aromatic carbocycles. The molecule has 2 saturated heterocycles. The third kappa shape index (κ3) is 2.40. The molecule has 2 fully saturated rings. The number of nitrogens with zero attached hydrogens (tertiary/aromatic N) is 2. The van der Waals surface area contributed by atoms with E-state index in [1.807, 2.05) is 0 Å². The molecule has 0 spiro atoms. The highest BCUT2D eigenvalue weighted by atomic mass is 32.2. The predicted molar refractivity (Wildman–Crippen MR) is 92.4 cm³/mol. The number of aliphatic carboxylic acids is 1. The molecule has 3 aliphatic rings. The number of fused-ring (bicyclic) bond motifs is 1. The smallest absolute Gasteiger partial charge is 0.352 e. The van der Waals surface area contributed by atoms with Gasteiger partial charge in [-0.2, -0.15) is 0 Å². The lowest BCUT2D eigenvalue weighted by Gasteiger charge is -2.48. The van der Waals surface area contributed by atoms with Crippen molar-refractivity contribution in [2.75, 3.05) is 12.3 Å². The highest BCUT2D eigenvalue weighted by Crippen LogP contribution is 2.45. The maximum absolute atomic E-state index is 12.2. The fraction of sp³-hybridized carbons (Fsp3) is 0.333. The van der Waals surface area contributed by atoms with Crippen molar-refractivity contribution in [1.29, 1.82) is 0 Å². The number of carbonyl (C=O) groups is 3.